The van der Waals surface area contributed by atoms with E-state index in [-0.39, 0.29) is 6.04 Å². The fraction of sp³-hybridized carbons (Fsp3) is 0.294. The fourth-order valence-electron chi connectivity index (χ4n) is 3.24. The summed E-state index contributed by atoms with van der Waals surface area (Å²) in [5.41, 5.74) is 1.61. The van der Waals surface area contributed by atoms with Gasteiger partial charge < -0.3 is 5.32 Å². The number of hydrogen-bond donors (Lipinski definition) is 1. The zero-order valence-electron chi connectivity index (χ0n) is 12.3. The van der Waals surface area contributed by atoms with Gasteiger partial charge in [-0.05, 0) is 24.1 Å². The van der Waals surface area contributed by atoms with Gasteiger partial charge in [-0.1, -0.05) is 48.5 Å². The van der Waals surface area contributed by atoms with Crippen molar-refractivity contribution >= 4 is 21.4 Å². The van der Waals surface area contributed by atoms with Crippen LogP contribution in [0.4, 0.5) is 0 Å². The van der Waals surface area contributed by atoms with E-state index in [0.29, 0.717) is 17.3 Å². The molecule has 0 spiro atoms. The number of rotatable bonds is 4. The van der Waals surface area contributed by atoms with Crippen LogP contribution in [0.5, 0.6) is 0 Å². The van der Waals surface area contributed by atoms with Crippen LogP contribution >= 0.6 is 11.6 Å². The lowest BCUT2D eigenvalue weighted by atomic mass is 9.88. The third-order valence-electron chi connectivity index (χ3n) is 4.42. The highest BCUT2D eigenvalue weighted by atomic mass is 35.5. The number of benzene rings is 2. The number of halogens is 1. The van der Waals surface area contributed by atoms with Crippen molar-refractivity contribution < 1.29 is 8.42 Å². The lowest BCUT2D eigenvalue weighted by molar-refractivity contribution is 0.430. The van der Waals surface area contributed by atoms with Crippen molar-refractivity contribution in [1.29, 1.82) is 0 Å². The number of fused-ring (bicyclic) bond motifs is 1. The Bertz CT molecular complexity index is 776. The van der Waals surface area contributed by atoms with Gasteiger partial charge in [-0.25, -0.2) is 8.42 Å². The number of hydrogen-bond acceptors (Lipinski definition) is 3. The van der Waals surface area contributed by atoms with E-state index in [4.69, 9.17) is 11.6 Å². The summed E-state index contributed by atoms with van der Waals surface area (Å²) in [6.07, 6.45) is 0. The molecule has 1 heterocycles. The second-order valence-corrected chi connectivity index (χ2v) is 8.26. The van der Waals surface area contributed by atoms with E-state index in [1.165, 1.54) is 0 Å². The van der Waals surface area contributed by atoms with Gasteiger partial charge in [0.05, 0.1) is 10.9 Å². The van der Waals surface area contributed by atoms with Crippen LogP contribution in [0.1, 0.15) is 24.1 Å². The summed E-state index contributed by atoms with van der Waals surface area (Å²) >= 11 is 5.81. The molecule has 0 aliphatic carbocycles. The van der Waals surface area contributed by atoms with Crippen LogP contribution in [0.25, 0.3) is 0 Å². The molecule has 1 aliphatic rings. The lowest BCUT2D eigenvalue weighted by Gasteiger charge is -2.31. The molecule has 2 unspecified atom stereocenters. The molecule has 3 rings (SSSR count). The minimum Gasteiger partial charge on any atom is -0.307 e. The molecule has 0 saturated carbocycles. The van der Waals surface area contributed by atoms with Gasteiger partial charge in [-0.3, -0.25) is 0 Å². The summed E-state index contributed by atoms with van der Waals surface area (Å²) in [5, 5.41) is 3.32. The molecule has 3 nitrogen and oxygen atoms in total. The van der Waals surface area contributed by atoms with Crippen LogP contribution in [0.2, 0.25) is 0 Å². The Labute approximate surface area is 136 Å². The van der Waals surface area contributed by atoms with Crippen molar-refractivity contribution in [3.63, 3.8) is 0 Å². The first-order chi connectivity index (χ1) is 10.5. The molecular formula is C17H18ClNO2S. The second kappa shape index (κ2) is 5.69. The van der Waals surface area contributed by atoms with Crippen LogP contribution in [0.15, 0.2) is 59.5 Å². The van der Waals surface area contributed by atoms with Gasteiger partial charge in [0.25, 0.3) is 0 Å². The monoisotopic (exact) mass is 335 g/mol. The third kappa shape index (κ3) is 2.09. The van der Waals surface area contributed by atoms with Crippen LogP contribution < -0.4 is 5.32 Å². The Morgan fingerprint density at radius 2 is 1.73 bits per heavy atom. The molecular weight excluding hydrogens is 318 g/mol. The normalized spacial score (nSPS) is 25.8. The van der Waals surface area contributed by atoms with Crippen LogP contribution in [-0.4, -0.2) is 20.8 Å². The molecule has 2 aromatic rings. The first-order valence-corrected chi connectivity index (χ1v) is 9.23. The second-order valence-electron chi connectivity index (χ2n) is 5.59. The van der Waals surface area contributed by atoms with E-state index in [1.807, 2.05) is 42.5 Å². The van der Waals surface area contributed by atoms with Crippen LogP contribution in [-0.2, 0) is 14.6 Å². The summed E-state index contributed by atoms with van der Waals surface area (Å²) in [4.78, 5) is 0.411. The molecule has 116 valence electrons. The third-order valence-corrected chi connectivity index (χ3v) is 7.15. The molecule has 2 atom stereocenters. The first-order valence-electron chi connectivity index (χ1n) is 7.22. The van der Waals surface area contributed by atoms with Crippen molar-refractivity contribution in [2.75, 3.05) is 12.4 Å². The molecule has 0 bridgehead atoms. The Hall–Kier alpha value is -1.36. The molecule has 2 aromatic carbocycles. The highest BCUT2D eigenvalue weighted by Gasteiger charge is 2.55. The van der Waals surface area contributed by atoms with E-state index in [9.17, 15) is 8.42 Å². The molecule has 0 radical (unpaired) electrons. The summed E-state index contributed by atoms with van der Waals surface area (Å²) in [5.74, 6) is 0.434. The largest absolute Gasteiger partial charge is 0.307 e. The molecule has 0 fully saturated rings. The van der Waals surface area contributed by atoms with Gasteiger partial charge in [0.15, 0.2) is 9.84 Å². The summed E-state index contributed by atoms with van der Waals surface area (Å²) in [6.45, 7) is 2.35. The van der Waals surface area contributed by atoms with Gasteiger partial charge >= 0.3 is 0 Å². The Morgan fingerprint density at radius 1 is 1.09 bits per heavy atom. The molecule has 0 saturated heterocycles. The van der Waals surface area contributed by atoms with Gasteiger partial charge in [0.2, 0.25) is 0 Å². The first kappa shape index (κ1) is 15.5. The van der Waals surface area contributed by atoms with Crippen molar-refractivity contribution in [3.8, 4) is 0 Å². The quantitative estimate of drug-likeness (QED) is 0.872. The molecule has 0 aromatic heterocycles. The topological polar surface area (TPSA) is 46.2 Å². The average Bonchev–Trinajstić information content (AvgIpc) is 2.72. The molecule has 5 heteroatoms. The van der Waals surface area contributed by atoms with Crippen LogP contribution in [0, 0.1) is 0 Å². The van der Waals surface area contributed by atoms with Gasteiger partial charge in [-0.15, -0.1) is 11.6 Å². The van der Waals surface area contributed by atoms with Crippen molar-refractivity contribution in [3.05, 3.63) is 65.7 Å². The zero-order chi connectivity index (χ0) is 15.8. The maximum absolute atomic E-state index is 13.2. The van der Waals surface area contributed by atoms with E-state index < -0.39 is 14.6 Å². The maximum Gasteiger partial charge on any atom is 0.190 e. The Kier molecular flexibility index (Phi) is 4.02. The predicted molar refractivity (Wildman–Crippen MR) is 88.9 cm³/mol. The average molecular weight is 336 g/mol. The maximum atomic E-state index is 13.2. The van der Waals surface area contributed by atoms with Gasteiger partial charge in [0, 0.05) is 12.4 Å². The summed E-state index contributed by atoms with van der Waals surface area (Å²) < 4.78 is 25.4. The molecule has 1 aliphatic heterocycles. The van der Waals surface area contributed by atoms with Gasteiger partial charge in [-0.2, -0.15) is 0 Å². The molecule has 1 N–H and O–H groups in total. The number of sulfone groups is 1. The summed E-state index contributed by atoms with van der Waals surface area (Å²) in [6, 6.07) is 16.3. The standard InChI is InChI=1S/C17H18ClNO2S/c1-17(13-7-3-2-4-8-13)16(19-12-11-18)14-9-5-6-10-15(14)22(17,20)21/h2-10,16,19H,11-12H2,1H3. The zero-order valence-corrected chi connectivity index (χ0v) is 13.9. The van der Waals surface area contributed by atoms with E-state index in [2.05, 4.69) is 5.32 Å². The number of nitrogens with one attached hydrogen (secondary N) is 1. The van der Waals surface area contributed by atoms with E-state index >= 15 is 0 Å². The number of alkyl halides is 1. The molecule has 0 amide bonds. The van der Waals surface area contributed by atoms with Gasteiger partial charge in [0.1, 0.15) is 4.75 Å². The van der Waals surface area contributed by atoms with Crippen molar-refractivity contribution in [1.82, 2.24) is 5.32 Å². The Balaban J connectivity index is 2.24. The van der Waals surface area contributed by atoms with E-state index in [1.54, 1.807) is 19.1 Å². The highest BCUT2D eigenvalue weighted by molar-refractivity contribution is 7.92. The SMILES string of the molecule is CC1(c2ccccc2)C(NCCCl)c2ccccc2S1(=O)=O. The van der Waals surface area contributed by atoms with E-state index in [0.717, 1.165) is 11.1 Å². The summed E-state index contributed by atoms with van der Waals surface area (Å²) in [7, 11) is -3.48. The van der Waals surface area contributed by atoms with Crippen LogP contribution in [0.3, 0.4) is 0 Å². The minimum absolute atomic E-state index is 0.310. The minimum atomic E-state index is -3.48. The fourth-order valence-corrected chi connectivity index (χ4v) is 5.53. The highest BCUT2D eigenvalue weighted by Crippen LogP contribution is 2.52. The van der Waals surface area contributed by atoms with Crippen molar-refractivity contribution in [2.45, 2.75) is 22.6 Å². The Morgan fingerprint density at radius 3 is 2.41 bits per heavy atom. The van der Waals surface area contributed by atoms with Crippen molar-refractivity contribution in [2.24, 2.45) is 0 Å². The predicted octanol–water partition coefficient (Wildman–Crippen LogP) is 3.26. The smallest absolute Gasteiger partial charge is 0.190 e. The molecule has 22 heavy (non-hydrogen) atoms. The lowest BCUT2D eigenvalue weighted by Crippen LogP contribution is -2.41.